The smallest absolute Gasteiger partial charge is 0.123 e. The molecule has 3 nitrogen and oxygen atoms in total. The molecule has 1 aliphatic rings. The fourth-order valence-corrected chi connectivity index (χ4v) is 2.71. The number of amidine groups is 1. The van der Waals surface area contributed by atoms with Gasteiger partial charge in [0.05, 0.1) is 0 Å². The van der Waals surface area contributed by atoms with Crippen LogP contribution < -0.4 is 5.73 Å². The molecule has 0 bridgehead atoms. The van der Waals surface area contributed by atoms with Gasteiger partial charge in [-0.25, -0.2) is 0 Å². The Morgan fingerprint density at radius 3 is 2.89 bits per heavy atom. The van der Waals surface area contributed by atoms with Crippen LogP contribution in [0, 0.1) is 5.41 Å². The van der Waals surface area contributed by atoms with Gasteiger partial charge in [0, 0.05) is 18.2 Å². The quantitative estimate of drug-likeness (QED) is 0.635. The lowest BCUT2D eigenvalue weighted by Gasteiger charge is -2.27. The van der Waals surface area contributed by atoms with Gasteiger partial charge in [-0.1, -0.05) is 37.1 Å². The molecule has 1 fully saturated rings. The molecule has 1 atom stereocenters. The molecule has 2 rings (SSSR count). The molecule has 1 unspecified atom stereocenters. The van der Waals surface area contributed by atoms with E-state index in [1.165, 1.54) is 31.2 Å². The van der Waals surface area contributed by atoms with E-state index in [1.54, 1.807) is 0 Å². The highest BCUT2D eigenvalue weighted by atomic mass is 15.1. The van der Waals surface area contributed by atoms with Crippen LogP contribution in [-0.2, 0) is 6.54 Å². The van der Waals surface area contributed by atoms with E-state index < -0.39 is 0 Å². The van der Waals surface area contributed by atoms with Crippen molar-refractivity contribution in [3.05, 3.63) is 35.4 Å². The molecule has 0 amide bonds. The van der Waals surface area contributed by atoms with Crippen LogP contribution in [0.3, 0.4) is 0 Å². The summed E-state index contributed by atoms with van der Waals surface area (Å²) in [5, 5.41) is 7.65. The van der Waals surface area contributed by atoms with Crippen molar-refractivity contribution in [1.82, 2.24) is 4.90 Å². The zero-order valence-corrected chi connectivity index (χ0v) is 11.2. The molecule has 0 aliphatic carbocycles. The Labute approximate surface area is 109 Å². The number of nitrogens with two attached hydrogens (primary N) is 1. The number of benzene rings is 1. The summed E-state index contributed by atoms with van der Waals surface area (Å²) in [5.41, 5.74) is 7.71. The highest BCUT2D eigenvalue weighted by Gasteiger charge is 2.18. The first-order valence-corrected chi connectivity index (χ1v) is 6.85. The molecule has 0 saturated carbocycles. The summed E-state index contributed by atoms with van der Waals surface area (Å²) >= 11 is 0. The maximum absolute atomic E-state index is 7.65. The average Bonchev–Trinajstić information content (AvgIpc) is 2.55. The molecule has 0 aromatic heterocycles. The maximum Gasteiger partial charge on any atom is 0.123 e. The summed E-state index contributed by atoms with van der Waals surface area (Å²) in [7, 11) is 0. The molecule has 3 heteroatoms. The molecular weight excluding hydrogens is 222 g/mol. The van der Waals surface area contributed by atoms with Crippen molar-refractivity contribution in [2.45, 2.75) is 45.2 Å². The SMILES string of the molecule is CC1CCCCCN1Cc1ccccc1C(=N)N. The van der Waals surface area contributed by atoms with E-state index in [1.807, 2.05) is 18.2 Å². The van der Waals surface area contributed by atoms with Gasteiger partial charge in [-0.05, 0) is 31.9 Å². The van der Waals surface area contributed by atoms with Crippen LogP contribution in [0.5, 0.6) is 0 Å². The molecule has 1 aromatic rings. The topological polar surface area (TPSA) is 53.1 Å². The van der Waals surface area contributed by atoms with E-state index >= 15 is 0 Å². The van der Waals surface area contributed by atoms with Crippen molar-refractivity contribution in [1.29, 1.82) is 5.41 Å². The first-order chi connectivity index (χ1) is 8.68. The summed E-state index contributed by atoms with van der Waals surface area (Å²) in [6.07, 6.45) is 5.25. The Morgan fingerprint density at radius 2 is 2.11 bits per heavy atom. The standard InChI is InChI=1S/C15H23N3/c1-12-7-3-2-6-10-18(12)11-13-8-4-5-9-14(13)15(16)17/h4-5,8-9,12H,2-3,6-7,10-11H2,1H3,(H3,16,17). The number of hydrogen-bond acceptors (Lipinski definition) is 2. The summed E-state index contributed by atoms with van der Waals surface area (Å²) in [5.74, 6) is 0.174. The second kappa shape index (κ2) is 6.01. The Kier molecular flexibility index (Phi) is 4.37. The summed E-state index contributed by atoms with van der Waals surface area (Å²) < 4.78 is 0. The lowest BCUT2D eigenvalue weighted by Crippen LogP contribution is -2.32. The predicted octanol–water partition coefficient (Wildman–Crippen LogP) is 2.74. The van der Waals surface area contributed by atoms with Gasteiger partial charge in [-0.3, -0.25) is 10.3 Å². The third kappa shape index (κ3) is 3.10. The van der Waals surface area contributed by atoms with E-state index in [0.717, 1.165) is 18.7 Å². The monoisotopic (exact) mass is 245 g/mol. The largest absolute Gasteiger partial charge is 0.384 e. The van der Waals surface area contributed by atoms with Crippen molar-refractivity contribution in [3.8, 4) is 0 Å². The molecule has 1 aliphatic heterocycles. The molecular formula is C15H23N3. The van der Waals surface area contributed by atoms with Gasteiger partial charge >= 0.3 is 0 Å². The van der Waals surface area contributed by atoms with Crippen molar-refractivity contribution < 1.29 is 0 Å². The lowest BCUT2D eigenvalue weighted by atomic mass is 10.1. The minimum absolute atomic E-state index is 0.174. The molecule has 0 spiro atoms. The van der Waals surface area contributed by atoms with E-state index in [2.05, 4.69) is 17.9 Å². The third-order valence-electron chi connectivity index (χ3n) is 3.87. The van der Waals surface area contributed by atoms with Crippen molar-refractivity contribution in [2.24, 2.45) is 5.73 Å². The lowest BCUT2D eigenvalue weighted by molar-refractivity contribution is 0.205. The number of rotatable bonds is 3. The third-order valence-corrected chi connectivity index (χ3v) is 3.87. The second-order valence-corrected chi connectivity index (χ2v) is 5.24. The summed E-state index contributed by atoms with van der Waals surface area (Å²) in [6.45, 7) is 4.38. The van der Waals surface area contributed by atoms with Gasteiger partial charge < -0.3 is 5.73 Å². The zero-order chi connectivity index (χ0) is 13.0. The fourth-order valence-electron chi connectivity index (χ4n) is 2.71. The van der Waals surface area contributed by atoms with Crippen LogP contribution >= 0.6 is 0 Å². The van der Waals surface area contributed by atoms with E-state index in [0.29, 0.717) is 6.04 Å². The van der Waals surface area contributed by atoms with Crippen LogP contribution in [0.4, 0.5) is 0 Å². The Hall–Kier alpha value is -1.35. The number of nitrogens with one attached hydrogen (secondary N) is 1. The fraction of sp³-hybridized carbons (Fsp3) is 0.533. The van der Waals surface area contributed by atoms with E-state index in [4.69, 9.17) is 11.1 Å². The number of nitrogens with zero attached hydrogens (tertiary/aromatic N) is 1. The molecule has 1 aromatic carbocycles. The Balaban J connectivity index is 2.14. The Bertz CT molecular complexity index is 414. The Morgan fingerprint density at radius 1 is 1.33 bits per heavy atom. The maximum atomic E-state index is 7.65. The highest BCUT2D eigenvalue weighted by molar-refractivity contribution is 5.96. The molecule has 1 saturated heterocycles. The molecule has 98 valence electrons. The van der Waals surface area contributed by atoms with Crippen LogP contribution in [0.1, 0.15) is 43.7 Å². The number of hydrogen-bond donors (Lipinski definition) is 2. The minimum Gasteiger partial charge on any atom is -0.384 e. The molecule has 0 radical (unpaired) electrons. The van der Waals surface area contributed by atoms with Gasteiger partial charge in [0.25, 0.3) is 0 Å². The number of likely N-dealkylation sites (tertiary alicyclic amines) is 1. The molecule has 1 heterocycles. The van der Waals surface area contributed by atoms with Crippen molar-refractivity contribution >= 4 is 5.84 Å². The van der Waals surface area contributed by atoms with Gasteiger partial charge in [0.1, 0.15) is 5.84 Å². The van der Waals surface area contributed by atoms with Gasteiger partial charge in [0.15, 0.2) is 0 Å². The zero-order valence-electron chi connectivity index (χ0n) is 11.2. The highest BCUT2D eigenvalue weighted by Crippen LogP contribution is 2.20. The first-order valence-electron chi connectivity index (χ1n) is 6.85. The molecule has 3 N–H and O–H groups in total. The van der Waals surface area contributed by atoms with Crippen molar-refractivity contribution in [3.63, 3.8) is 0 Å². The normalized spacial score (nSPS) is 21.5. The first kappa shape index (κ1) is 13.1. The summed E-state index contributed by atoms with van der Waals surface area (Å²) in [4.78, 5) is 2.52. The number of nitrogen functional groups attached to an aromatic ring is 1. The van der Waals surface area contributed by atoms with Crippen LogP contribution in [-0.4, -0.2) is 23.3 Å². The van der Waals surface area contributed by atoms with Gasteiger partial charge in [-0.15, -0.1) is 0 Å². The molecule has 18 heavy (non-hydrogen) atoms. The van der Waals surface area contributed by atoms with Gasteiger partial charge in [-0.2, -0.15) is 0 Å². The van der Waals surface area contributed by atoms with Crippen LogP contribution in [0.25, 0.3) is 0 Å². The van der Waals surface area contributed by atoms with Gasteiger partial charge in [0.2, 0.25) is 0 Å². The van der Waals surface area contributed by atoms with E-state index in [9.17, 15) is 0 Å². The summed E-state index contributed by atoms with van der Waals surface area (Å²) in [6, 6.07) is 8.65. The van der Waals surface area contributed by atoms with Crippen LogP contribution in [0.2, 0.25) is 0 Å². The minimum atomic E-state index is 0.174. The van der Waals surface area contributed by atoms with E-state index in [-0.39, 0.29) is 5.84 Å². The predicted molar refractivity (Wildman–Crippen MR) is 75.8 cm³/mol. The second-order valence-electron chi connectivity index (χ2n) is 5.24. The van der Waals surface area contributed by atoms with Crippen molar-refractivity contribution in [2.75, 3.05) is 6.54 Å². The average molecular weight is 245 g/mol. The van der Waals surface area contributed by atoms with Crippen LogP contribution in [0.15, 0.2) is 24.3 Å².